The molecule has 3 aromatic rings. The normalized spacial score (nSPS) is 12.1. The summed E-state index contributed by atoms with van der Waals surface area (Å²) in [6, 6.07) is 12.0. The van der Waals surface area contributed by atoms with E-state index in [1.54, 1.807) is 36.7 Å². The Morgan fingerprint density at radius 3 is 2.11 bits per heavy atom. The quantitative estimate of drug-likeness (QED) is 0.703. The molecule has 4 rings (SSSR count). The first-order chi connectivity index (χ1) is 13.1. The van der Waals surface area contributed by atoms with Gasteiger partial charge in [-0.05, 0) is 35.4 Å². The third kappa shape index (κ3) is 3.65. The summed E-state index contributed by atoms with van der Waals surface area (Å²) in [5.41, 5.74) is 4.21. The maximum atomic E-state index is 13.3. The summed E-state index contributed by atoms with van der Waals surface area (Å²) >= 11 is 0. The lowest BCUT2D eigenvalue weighted by Crippen LogP contribution is -2.21. The molecule has 0 radical (unpaired) electrons. The van der Waals surface area contributed by atoms with Gasteiger partial charge in [-0.1, -0.05) is 24.3 Å². The van der Waals surface area contributed by atoms with Crippen LogP contribution in [0.3, 0.4) is 0 Å². The standard InChI is InChI=1S/C21H17F2N3O/c22-15-5-1-13(2-6-15)17(14-3-7-16(23)8-4-14)9-21(27)26-20-12-24-11-19-18(20)10-25-19/h1-8,11-12,17,25H,9-10H2,(H,26,27). The molecule has 1 aromatic heterocycles. The van der Waals surface area contributed by atoms with Crippen LogP contribution in [0.25, 0.3) is 0 Å². The van der Waals surface area contributed by atoms with Crippen molar-refractivity contribution in [3.05, 3.63) is 89.2 Å². The van der Waals surface area contributed by atoms with E-state index in [0.717, 1.165) is 22.4 Å². The highest BCUT2D eigenvalue weighted by Gasteiger charge is 2.22. The molecule has 27 heavy (non-hydrogen) atoms. The van der Waals surface area contributed by atoms with Gasteiger partial charge in [0.1, 0.15) is 11.6 Å². The third-order valence-electron chi connectivity index (χ3n) is 4.72. The number of hydrogen-bond donors (Lipinski definition) is 2. The molecule has 1 aliphatic heterocycles. The SMILES string of the molecule is O=C(CC(c1ccc(F)cc1)c1ccc(F)cc1)Nc1cncc2c1CN2. The number of pyridine rings is 1. The zero-order chi connectivity index (χ0) is 18.8. The molecular formula is C21H17F2N3O. The summed E-state index contributed by atoms with van der Waals surface area (Å²) in [6.45, 7) is 0.687. The predicted molar refractivity (Wildman–Crippen MR) is 99.5 cm³/mol. The van der Waals surface area contributed by atoms with Gasteiger partial charge in [0.05, 0.1) is 23.8 Å². The van der Waals surface area contributed by atoms with E-state index < -0.39 is 0 Å². The van der Waals surface area contributed by atoms with Crippen molar-refractivity contribution in [1.82, 2.24) is 4.98 Å². The molecule has 2 N–H and O–H groups in total. The van der Waals surface area contributed by atoms with E-state index in [2.05, 4.69) is 15.6 Å². The van der Waals surface area contributed by atoms with Crippen molar-refractivity contribution in [3.8, 4) is 0 Å². The minimum Gasteiger partial charge on any atom is -0.379 e. The number of anilines is 2. The second-order valence-corrected chi connectivity index (χ2v) is 6.47. The summed E-state index contributed by atoms with van der Waals surface area (Å²) < 4.78 is 26.6. The number of nitrogens with zero attached hydrogens (tertiary/aromatic N) is 1. The van der Waals surface area contributed by atoms with E-state index in [0.29, 0.717) is 12.2 Å². The first-order valence-corrected chi connectivity index (χ1v) is 8.61. The van der Waals surface area contributed by atoms with Crippen molar-refractivity contribution in [3.63, 3.8) is 0 Å². The van der Waals surface area contributed by atoms with Crippen molar-refractivity contribution >= 4 is 17.3 Å². The van der Waals surface area contributed by atoms with Gasteiger partial charge in [0.15, 0.2) is 0 Å². The molecule has 136 valence electrons. The van der Waals surface area contributed by atoms with Gasteiger partial charge >= 0.3 is 0 Å². The van der Waals surface area contributed by atoms with Crippen molar-refractivity contribution in [2.24, 2.45) is 0 Å². The van der Waals surface area contributed by atoms with Gasteiger partial charge in [0.25, 0.3) is 0 Å². The number of halogens is 2. The Morgan fingerprint density at radius 1 is 1.00 bits per heavy atom. The highest BCUT2D eigenvalue weighted by atomic mass is 19.1. The fraction of sp³-hybridized carbons (Fsp3) is 0.143. The minimum absolute atomic E-state index is 0.147. The molecule has 6 heteroatoms. The minimum atomic E-state index is -0.344. The summed E-state index contributed by atoms with van der Waals surface area (Å²) in [4.78, 5) is 16.8. The number of aromatic nitrogens is 1. The molecule has 1 amide bonds. The van der Waals surface area contributed by atoms with Crippen LogP contribution >= 0.6 is 0 Å². The Kier molecular flexibility index (Phi) is 4.54. The molecule has 0 fully saturated rings. The number of hydrogen-bond acceptors (Lipinski definition) is 3. The smallest absolute Gasteiger partial charge is 0.225 e. The fourth-order valence-corrected chi connectivity index (χ4v) is 3.22. The fourth-order valence-electron chi connectivity index (χ4n) is 3.22. The molecule has 0 saturated carbocycles. The topological polar surface area (TPSA) is 54.0 Å². The number of amides is 1. The van der Waals surface area contributed by atoms with E-state index in [4.69, 9.17) is 0 Å². The van der Waals surface area contributed by atoms with E-state index in [9.17, 15) is 13.6 Å². The highest BCUT2D eigenvalue weighted by molar-refractivity contribution is 5.93. The van der Waals surface area contributed by atoms with Gasteiger partial charge in [0.2, 0.25) is 5.91 Å². The number of carbonyl (C=O) groups excluding carboxylic acids is 1. The Labute approximate surface area is 155 Å². The maximum absolute atomic E-state index is 13.3. The second kappa shape index (κ2) is 7.15. The molecule has 0 unspecified atom stereocenters. The average molecular weight is 365 g/mol. The van der Waals surface area contributed by atoms with Gasteiger partial charge < -0.3 is 10.6 Å². The van der Waals surface area contributed by atoms with Crippen LogP contribution in [-0.4, -0.2) is 10.9 Å². The molecule has 0 saturated heterocycles. The van der Waals surface area contributed by atoms with Crippen LogP contribution in [0.5, 0.6) is 0 Å². The number of fused-ring (bicyclic) bond motifs is 1. The van der Waals surface area contributed by atoms with E-state index in [-0.39, 0.29) is 29.9 Å². The number of carbonyl (C=O) groups is 1. The Bertz CT molecular complexity index is 926. The summed E-state index contributed by atoms with van der Waals surface area (Å²) in [7, 11) is 0. The van der Waals surface area contributed by atoms with Gasteiger partial charge in [-0.2, -0.15) is 0 Å². The predicted octanol–water partition coefficient (Wildman–Crippen LogP) is 4.45. The molecule has 2 aromatic carbocycles. The number of rotatable bonds is 5. The zero-order valence-electron chi connectivity index (χ0n) is 14.4. The first-order valence-electron chi connectivity index (χ1n) is 8.61. The average Bonchev–Trinajstić information content (AvgIpc) is 2.63. The molecule has 4 nitrogen and oxygen atoms in total. The summed E-state index contributed by atoms with van der Waals surface area (Å²) in [6.07, 6.45) is 3.49. The molecule has 1 aliphatic rings. The lowest BCUT2D eigenvalue weighted by Gasteiger charge is -2.24. The van der Waals surface area contributed by atoms with Crippen LogP contribution in [0, 0.1) is 11.6 Å². The zero-order valence-corrected chi connectivity index (χ0v) is 14.4. The van der Waals surface area contributed by atoms with Crippen LogP contribution in [0.2, 0.25) is 0 Å². The van der Waals surface area contributed by atoms with Crippen LogP contribution in [0.4, 0.5) is 20.2 Å². The molecular weight excluding hydrogens is 348 g/mol. The van der Waals surface area contributed by atoms with Crippen LogP contribution < -0.4 is 10.6 Å². The molecule has 2 heterocycles. The number of benzene rings is 2. The highest BCUT2D eigenvalue weighted by Crippen LogP contribution is 2.32. The Hall–Kier alpha value is -3.28. The molecule has 0 spiro atoms. The maximum Gasteiger partial charge on any atom is 0.225 e. The van der Waals surface area contributed by atoms with Crippen molar-refractivity contribution in [2.75, 3.05) is 10.6 Å². The van der Waals surface area contributed by atoms with Crippen molar-refractivity contribution in [2.45, 2.75) is 18.9 Å². The van der Waals surface area contributed by atoms with Crippen molar-refractivity contribution in [1.29, 1.82) is 0 Å². The Balaban J connectivity index is 1.58. The van der Waals surface area contributed by atoms with Crippen LogP contribution in [0.1, 0.15) is 29.0 Å². The van der Waals surface area contributed by atoms with Crippen LogP contribution in [-0.2, 0) is 11.3 Å². The lowest BCUT2D eigenvalue weighted by molar-refractivity contribution is -0.116. The largest absolute Gasteiger partial charge is 0.379 e. The summed E-state index contributed by atoms with van der Waals surface area (Å²) in [5.74, 6) is -1.19. The van der Waals surface area contributed by atoms with Crippen LogP contribution in [0.15, 0.2) is 60.9 Å². The summed E-state index contributed by atoms with van der Waals surface area (Å²) in [5, 5.41) is 6.03. The van der Waals surface area contributed by atoms with E-state index in [1.807, 2.05) is 0 Å². The van der Waals surface area contributed by atoms with Gasteiger partial charge in [0, 0.05) is 24.4 Å². The lowest BCUT2D eigenvalue weighted by atomic mass is 9.88. The molecule has 0 bridgehead atoms. The first kappa shape index (κ1) is 17.1. The van der Waals surface area contributed by atoms with Gasteiger partial charge in [-0.25, -0.2) is 8.78 Å². The molecule has 0 atom stereocenters. The van der Waals surface area contributed by atoms with Gasteiger partial charge in [-0.15, -0.1) is 0 Å². The Morgan fingerprint density at radius 2 is 1.59 bits per heavy atom. The third-order valence-corrected chi connectivity index (χ3v) is 4.72. The molecule has 0 aliphatic carbocycles. The monoisotopic (exact) mass is 365 g/mol. The second-order valence-electron chi connectivity index (χ2n) is 6.47. The van der Waals surface area contributed by atoms with E-state index >= 15 is 0 Å². The van der Waals surface area contributed by atoms with Gasteiger partial charge in [-0.3, -0.25) is 9.78 Å². The number of nitrogens with one attached hydrogen (secondary N) is 2. The van der Waals surface area contributed by atoms with Crippen molar-refractivity contribution < 1.29 is 13.6 Å². The van der Waals surface area contributed by atoms with E-state index in [1.165, 1.54) is 24.3 Å².